The number of hydrogen-bond donors (Lipinski definition) is 4. The van der Waals surface area contributed by atoms with Crippen molar-refractivity contribution < 1.29 is 75.8 Å². The first-order valence-electron chi connectivity index (χ1n) is 40.4. The molecule has 0 heterocycles. The number of carbonyl (C=O) groups is 3. The number of phosphoric ester groups is 2. The van der Waals surface area contributed by atoms with Crippen molar-refractivity contribution in [2.24, 2.45) is 0 Å². The number of allylic oxidation sites excluding steroid dienone is 28. The summed E-state index contributed by atoms with van der Waals surface area (Å²) in [6, 6.07) is 0. The van der Waals surface area contributed by atoms with E-state index in [9.17, 15) is 43.5 Å². The molecule has 0 bridgehead atoms. The molecule has 0 aromatic heterocycles. The Morgan fingerprint density at radius 1 is 0.276 bits per heavy atom. The summed E-state index contributed by atoms with van der Waals surface area (Å²) in [4.78, 5) is 58.8. The van der Waals surface area contributed by atoms with E-state index in [1.54, 1.807) is 0 Å². The number of carbonyl (C=O) groups excluding carboxylic acids is 3. The Kier molecular flexibility index (Phi) is 74.7. The highest BCUT2D eigenvalue weighted by Gasteiger charge is 2.29. The summed E-state index contributed by atoms with van der Waals surface area (Å²) in [5, 5.41) is 20.7. The predicted molar refractivity (Wildman–Crippen MR) is 435 cm³/mol. The molecule has 0 aliphatic carbocycles. The molecule has 0 aliphatic heterocycles. The van der Waals surface area contributed by atoms with Crippen molar-refractivity contribution in [1.29, 1.82) is 0 Å². The third-order valence-corrected chi connectivity index (χ3v) is 18.3. The molecule has 16 nitrogen and oxygen atoms in total. The standard InChI is InChI=1S/C87H144O16P2/c1-4-7-10-13-16-19-22-25-28-31-34-36-38-40-42-44-47-49-52-55-58-61-64-67-70-73-85(90)97-76-82(88)77-99-104(93,94)100-78-83(89)79-101-105(95,96)102-81-84(103-87(92)75-72-69-66-63-60-57-54-51-46-33-30-27-24-21-18-15-12-9-6-3)80-98-86(91)74-71-68-65-62-59-56-53-50-48-45-43-41-39-37-35-32-29-26-23-20-17-14-11-8-5-2/h7,9-10,12,16-21,25-30,34-37,40-43,46,51,57,60,82-84,88-89H,4-6,8,11,13-15,22-24,31-33,38-39,44-45,47-50,52-56,58-59,61-81H2,1-3H3,(H,93,94)(H,95,96)/b10-7-,12-9-,19-16-,20-17-,21-18-,28-25-,29-26-,30-27-,36-34-,37-35-,42-40-,43-41-,51-46-,60-57-. The van der Waals surface area contributed by atoms with E-state index in [2.05, 4.69) is 191 Å². The molecule has 0 radical (unpaired) electrons. The third-order valence-electron chi connectivity index (χ3n) is 16.4. The van der Waals surface area contributed by atoms with Gasteiger partial charge in [0.05, 0.1) is 26.4 Å². The molecule has 0 saturated carbocycles. The number of esters is 3. The smallest absolute Gasteiger partial charge is 0.463 e. The van der Waals surface area contributed by atoms with Crippen LogP contribution in [0.3, 0.4) is 0 Å². The lowest BCUT2D eigenvalue weighted by Gasteiger charge is -2.21. The van der Waals surface area contributed by atoms with Crippen LogP contribution in [-0.4, -0.2) is 95.9 Å². The molecule has 5 unspecified atom stereocenters. The van der Waals surface area contributed by atoms with Crippen molar-refractivity contribution in [2.75, 3.05) is 39.6 Å². The first-order valence-corrected chi connectivity index (χ1v) is 43.4. The topological polar surface area (TPSA) is 231 Å². The van der Waals surface area contributed by atoms with Crippen LogP contribution in [0.5, 0.6) is 0 Å². The van der Waals surface area contributed by atoms with E-state index in [-0.39, 0.29) is 19.3 Å². The second kappa shape index (κ2) is 78.5. The van der Waals surface area contributed by atoms with Gasteiger partial charge in [-0.3, -0.25) is 32.5 Å². The molecule has 0 saturated heterocycles. The third kappa shape index (κ3) is 79.8. The number of aliphatic hydroxyl groups is 2. The lowest BCUT2D eigenvalue weighted by atomic mass is 10.1. The molecule has 0 amide bonds. The highest BCUT2D eigenvalue weighted by Crippen LogP contribution is 2.45. The van der Waals surface area contributed by atoms with E-state index in [1.165, 1.54) is 77.0 Å². The molecule has 0 aromatic carbocycles. The van der Waals surface area contributed by atoms with Crippen molar-refractivity contribution >= 4 is 33.6 Å². The van der Waals surface area contributed by atoms with Gasteiger partial charge in [0.1, 0.15) is 25.4 Å². The lowest BCUT2D eigenvalue weighted by Crippen LogP contribution is -2.30. The Balaban J connectivity index is 4.70. The summed E-state index contributed by atoms with van der Waals surface area (Å²) in [5.74, 6) is -1.63. The van der Waals surface area contributed by atoms with Gasteiger partial charge in [0.15, 0.2) is 6.10 Å². The van der Waals surface area contributed by atoms with E-state index in [0.717, 1.165) is 167 Å². The van der Waals surface area contributed by atoms with Crippen molar-refractivity contribution in [1.82, 2.24) is 0 Å². The van der Waals surface area contributed by atoms with E-state index < -0.39 is 91.5 Å². The number of phosphoric acid groups is 2. The average molecular weight is 1510 g/mol. The minimum absolute atomic E-state index is 0.0581. The summed E-state index contributed by atoms with van der Waals surface area (Å²) in [7, 11) is -9.82. The molecule has 0 rings (SSSR count). The largest absolute Gasteiger partial charge is 0.472 e. The Labute approximate surface area is 637 Å². The van der Waals surface area contributed by atoms with Crippen LogP contribution in [0.2, 0.25) is 0 Å². The van der Waals surface area contributed by atoms with Gasteiger partial charge in [-0.15, -0.1) is 0 Å². The van der Waals surface area contributed by atoms with Gasteiger partial charge in [-0.05, 0) is 154 Å². The summed E-state index contributed by atoms with van der Waals surface area (Å²) >= 11 is 0. The summed E-state index contributed by atoms with van der Waals surface area (Å²) in [5.41, 5.74) is 0. The monoisotopic (exact) mass is 1510 g/mol. The molecule has 18 heteroatoms. The zero-order valence-corrected chi connectivity index (χ0v) is 67.1. The van der Waals surface area contributed by atoms with E-state index in [4.69, 9.17) is 32.3 Å². The summed E-state index contributed by atoms with van der Waals surface area (Å²) in [6.45, 7) is 2.37. The summed E-state index contributed by atoms with van der Waals surface area (Å²) in [6.07, 6.45) is 99.6. The maximum absolute atomic E-state index is 13.0. The number of aliphatic hydroxyl groups excluding tert-OH is 2. The minimum Gasteiger partial charge on any atom is -0.463 e. The minimum atomic E-state index is -4.95. The molecule has 0 aliphatic rings. The Bertz CT molecular complexity index is 2590. The van der Waals surface area contributed by atoms with Crippen LogP contribution < -0.4 is 0 Å². The molecule has 4 N–H and O–H groups in total. The van der Waals surface area contributed by atoms with Crippen LogP contribution >= 0.6 is 15.6 Å². The first kappa shape index (κ1) is 99.9. The Hall–Kier alpha value is -5.09. The molecule has 0 fully saturated rings. The molecule has 0 aromatic rings. The van der Waals surface area contributed by atoms with Crippen LogP contribution in [0.15, 0.2) is 170 Å². The van der Waals surface area contributed by atoms with Gasteiger partial charge in [-0.25, -0.2) is 9.13 Å². The van der Waals surface area contributed by atoms with Crippen molar-refractivity contribution in [3.63, 3.8) is 0 Å². The van der Waals surface area contributed by atoms with Gasteiger partial charge in [-0.2, -0.15) is 0 Å². The molecular weight excluding hydrogens is 1360 g/mol. The fourth-order valence-electron chi connectivity index (χ4n) is 10.3. The van der Waals surface area contributed by atoms with Crippen molar-refractivity contribution in [3.8, 4) is 0 Å². The molecule has 5 atom stereocenters. The van der Waals surface area contributed by atoms with Crippen LogP contribution in [-0.2, 0) is 55.8 Å². The second-order valence-corrected chi connectivity index (χ2v) is 29.4. The predicted octanol–water partition coefficient (Wildman–Crippen LogP) is 24.0. The van der Waals surface area contributed by atoms with Gasteiger partial charge in [0.2, 0.25) is 0 Å². The first-order chi connectivity index (χ1) is 51.2. The van der Waals surface area contributed by atoms with E-state index >= 15 is 0 Å². The van der Waals surface area contributed by atoms with Gasteiger partial charge in [0.25, 0.3) is 0 Å². The maximum atomic E-state index is 13.0. The molecule has 598 valence electrons. The number of unbranched alkanes of at least 4 members (excludes halogenated alkanes) is 24. The molecule has 105 heavy (non-hydrogen) atoms. The van der Waals surface area contributed by atoms with Crippen LogP contribution in [0, 0.1) is 0 Å². The molecular formula is C87H144O16P2. The van der Waals surface area contributed by atoms with Crippen molar-refractivity contribution in [3.05, 3.63) is 170 Å². The van der Waals surface area contributed by atoms with Gasteiger partial charge in [-0.1, -0.05) is 300 Å². The van der Waals surface area contributed by atoms with E-state index in [1.807, 2.05) is 0 Å². The SMILES string of the molecule is CC/C=C\C/C=C\C/C=C\C/C=C\C/C=C\CCCCCCCCCCCC(=O)OCC(O)COP(=O)(O)OCC(O)COP(=O)(O)OCC(COC(=O)CCCCCCCCCCC/C=C\C/C=C\C/C=C\C/C=C\CCCCC)OC(=O)CCCCC/C=C\C/C=C\C/C=C\C/C=C\C/C=C\CC. The highest BCUT2D eigenvalue weighted by molar-refractivity contribution is 7.47. The summed E-state index contributed by atoms with van der Waals surface area (Å²) < 4.78 is 61.2. The Morgan fingerprint density at radius 3 is 0.810 bits per heavy atom. The van der Waals surface area contributed by atoms with Crippen molar-refractivity contribution in [2.45, 2.75) is 322 Å². The Morgan fingerprint density at radius 2 is 0.505 bits per heavy atom. The number of rotatable bonds is 75. The van der Waals surface area contributed by atoms with Crippen LogP contribution in [0.25, 0.3) is 0 Å². The van der Waals surface area contributed by atoms with E-state index in [0.29, 0.717) is 19.3 Å². The molecule has 0 spiro atoms. The zero-order chi connectivity index (χ0) is 76.6. The normalized spacial score (nSPS) is 14.8. The van der Waals surface area contributed by atoms with Crippen LogP contribution in [0.1, 0.15) is 303 Å². The number of hydrogen-bond acceptors (Lipinski definition) is 14. The maximum Gasteiger partial charge on any atom is 0.472 e. The quantitative estimate of drug-likeness (QED) is 0.0146. The number of ether oxygens (including phenoxy) is 3. The fourth-order valence-corrected chi connectivity index (χ4v) is 11.9. The fraction of sp³-hybridized carbons (Fsp3) is 0.644. The highest BCUT2D eigenvalue weighted by atomic mass is 31.2. The second-order valence-electron chi connectivity index (χ2n) is 26.5. The zero-order valence-electron chi connectivity index (χ0n) is 65.3. The van der Waals surface area contributed by atoms with Crippen LogP contribution in [0.4, 0.5) is 0 Å². The average Bonchev–Trinajstić information content (AvgIpc) is 0.923. The van der Waals surface area contributed by atoms with Gasteiger partial charge in [0, 0.05) is 19.3 Å². The lowest BCUT2D eigenvalue weighted by molar-refractivity contribution is -0.161. The van der Waals surface area contributed by atoms with Gasteiger partial charge < -0.3 is 34.2 Å². The van der Waals surface area contributed by atoms with Gasteiger partial charge >= 0.3 is 33.6 Å².